The molecule has 5 nitrogen and oxygen atoms in total. The third-order valence-electron chi connectivity index (χ3n) is 4.34. The summed E-state index contributed by atoms with van der Waals surface area (Å²) in [4.78, 5) is 26.0. The lowest BCUT2D eigenvalue weighted by Gasteiger charge is -2.10. The van der Waals surface area contributed by atoms with Crippen LogP contribution in [0.25, 0.3) is 5.69 Å². The molecule has 3 aromatic rings. The highest BCUT2D eigenvalue weighted by Crippen LogP contribution is 2.29. The van der Waals surface area contributed by atoms with E-state index in [1.165, 1.54) is 23.1 Å². The van der Waals surface area contributed by atoms with Crippen molar-refractivity contribution < 1.29 is 9.59 Å². The summed E-state index contributed by atoms with van der Waals surface area (Å²) in [5.41, 5.74) is 3.31. The van der Waals surface area contributed by atoms with E-state index in [4.69, 9.17) is 12.2 Å². The first-order valence-electron chi connectivity index (χ1n) is 8.24. The third kappa shape index (κ3) is 3.60. The number of amides is 1. The summed E-state index contributed by atoms with van der Waals surface area (Å²) in [6.07, 6.45) is 0.350. The molecule has 0 saturated heterocycles. The second-order valence-electron chi connectivity index (χ2n) is 6.07. The molecule has 136 valence electrons. The average molecular weight is 414 g/mol. The van der Waals surface area contributed by atoms with Gasteiger partial charge in [-0.3, -0.25) is 9.59 Å². The fourth-order valence-electron chi connectivity index (χ4n) is 2.91. The molecule has 1 aromatic heterocycles. The molecule has 4 rings (SSSR count). The Balaban J connectivity index is 1.47. The molecular weight excluding hydrogens is 398 g/mol. The molecule has 0 atom stereocenters. The number of likely N-dealkylation sites (N-methyl/N-ethyl adjacent to an activating group) is 1. The molecule has 0 spiro atoms. The first-order chi connectivity index (χ1) is 13.0. The van der Waals surface area contributed by atoms with Gasteiger partial charge in [0.25, 0.3) is 0 Å². The fourth-order valence-corrected chi connectivity index (χ4v) is 5.16. The van der Waals surface area contributed by atoms with Gasteiger partial charge >= 0.3 is 0 Å². The lowest BCUT2D eigenvalue weighted by Crippen LogP contribution is -2.20. The molecule has 1 aliphatic rings. The Hall–Kier alpha value is -2.29. The van der Waals surface area contributed by atoms with Gasteiger partial charge in [-0.05, 0) is 48.1 Å². The molecule has 2 heterocycles. The second kappa shape index (κ2) is 7.38. The van der Waals surface area contributed by atoms with Crippen LogP contribution in [0.5, 0.6) is 0 Å². The van der Waals surface area contributed by atoms with E-state index in [9.17, 15) is 9.59 Å². The summed E-state index contributed by atoms with van der Waals surface area (Å²) < 4.78 is 3.12. The number of anilines is 1. The molecule has 0 N–H and O–H groups in total. The van der Waals surface area contributed by atoms with Crippen LogP contribution in [0.4, 0.5) is 5.69 Å². The van der Waals surface area contributed by atoms with Crippen LogP contribution in [0, 0.1) is 3.95 Å². The number of rotatable bonds is 5. The van der Waals surface area contributed by atoms with Gasteiger partial charge in [-0.2, -0.15) is 0 Å². The highest BCUT2D eigenvalue weighted by molar-refractivity contribution is 8.01. The maximum atomic E-state index is 12.6. The molecule has 0 radical (unpaired) electrons. The number of para-hydroxylation sites is 1. The Labute approximate surface area is 169 Å². The molecule has 0 saturated carbocycles. The van der Waals surface area contributed by atoms with Crippen LogP contribution in [0.3, 0.4) is 0 Å². The van der Waals surface area contributed by atoms with E-state index >= 15 is 0 Å². The molecule has 27 heavy (non-hydrogen) atoms. The summed E-state index contributed by atoms with van der Waals surface area (Å²) in [6, 6.07) is 15.1. The molecule has 1 amide bonds. The molecule has 8 heteroatoms. The SMILES string of the molecule is CN1C(=O)Cc2cc(C(=O)CSc3nn(-c4ccccc4)c(=S)s3)ccc21. The van der Waals surface area contributed by atoms with Crippen molar-refractivity contribution in [1.29, 1.82) is 0 Å². The summed E-state index contributed by atoms with van der Waals surface area (Å²) in [5.74, 6) is 0.340. The topological polar surface area (TPSA) is 55.2 Å². The van der Waals surface area contributed by atoms with Crippen LogP contribution in [-0.4, -0.2) is 34.3 Å². The number of carbonyl (C=O) groups is 2. The number of nitrogens with zero attached hydrogens (tertiary/aromatic N) is 3. The number of Topliss-reactive ketones (excluding diaryl/α,β-unsaturated/α-hetero) is 1. The highest BCUT2D eigenvalue weighted by atomic mass is 32.2. The highest BCUT2D eigenvalue weighted by Gasteiger charge is 2.24. The third-order valence-corrected chi connectivity index (χ3v) is 6.70. The van der Waals surface area contributed by atoms with Gasteiger partial charge in [-0.1, -0.05) is 41.3 Å². The Kier molecular flexibility index (Phi) is 4.94. The first kappa shape index (κ1) is 18.1. The molecule has 2 aromatic carbocycles. The standard InChI is InChI=1S/C19H15N3O2S3/c1-21-15-8-7-12(9-13(15)10-17(21)24)16(23)11-26-18-20-22(19(25)27-18)14-5-3-2-4-6-14/h2-9H,10-11H2,1H3. The lowest BCUT2D eigenvalue weighted by atomic mass is 10.1. The largest absolute Gasteiger partial charge is 0.315 e. The molecular formula is C19H15N3O2S3. The zero-order valence-electron chi connectivity index (χ0n) is 14.4. The summed E-state index contributed by atoms with van der Waals surface area (Å²) in [5, 5.41) is 4.51. The number of hydrogen-bond acceptors (Lipinski definition) is 6. The Morgan fingerprint density at radius 3 is 2.81 bits per heavy atom. The van der Waals surface area contributed by atoms with Crippen molar-refractivity contribution in [2.75, 3.05) is 17.7 Å². The molecule has 1 aliphatic heterocycles. The monoisotopic (exact) mass is 413 g/mol. The number of thioether (sulfide) groups is 1. The van der Waals surface area contributed by atoms with Crippen LogP contribution >= 0.6 is 35.3 Å². The van der Waals surface area contributed by atoms with Crippen LogP contribution in [0.15, 0.2) is 52.9 Å². The summed E-state index contributed by atoms with van der Waals surface area (Å²) >= 11 is 8.16. The van der Waals surface area contributed by atoms with Gasteiger partial charge < -0.3 is 4.90 Å². The van der Waals surface area contributed by atoms with E-state index in [0.29, 0.717) is 15.9 Å². The number of aromatic nitrogens is 2. The number of benzene rings is 2. The minimum absolute atomic E-state index is 0.0113. The Bertz CT molecular complexity index is 1090. The van der Waals surface area contributed by atoms with Gasteiger partial charge in [0.05, 0.1) is 17.9 Å². The minimum atomic E-state index is 0.0113. The number of hydrogen-bond donors (Lipinski definition) is 0. The van der Waals surface area contributed by atoms with Crippen molar-refractivity contribution >= 4 is 52.7 Å². The number of carbonyl (C=O) groups excluding carboxylic acids is 2. The predicted molar refractivity (Wildman–Crippen MR) is 111 cm³/mol. The van der Waals surface area contributed by atoms with Crippen molar-refractivity contribution in [2.45, 2.75) is 10.8 Å². The van der Waals surface area contributed by atoms with Crippen molar-refractivity contribution in [3.8, 4) is 5.69 Å². The average Bonchev–Trinajstić information content (AvgIpc) is 3.19. The van der Waals surface area contributed by atoms with E-state index in [-0.39, 0.29) is 17.4 Å². The van der Waals surface area contributed by atoms with Crippen molar-refractivity contribution in [2.24, 2.45) is 0 Å². The predicted octanol–water partition coefficient (Wildman–Crippen LogP) is 4.16. The minimum Gasteiger partial charge on any atom is -0.315 e. The van der Waals surface area contributed by atoms with Gasteiger partial charge in [0, 0.05) is 18.3 Å². The summed E-state index contributed by atoms with van der Waals surface area (Å²) in [6.45, 7) is 0. The van der Waals surface area contributed by atoms with E-state index in [0.717, 1.165) is 21.3 Å². The lowest BCUT2D eigenvalue weighted by molar-refractivity contribution is -0.117. The van der Waals surface area contributed by atoms with Gasteiger partial charge in [0.15, 0.2) is 14.1 Å². The molecule has 0 aliphatic carbocycles. The first-order valence-corrected chi connectivity index (χ1v) is 10.4. The summed E-state index contributed by atoms with van der Waals surface area (Å²) in [7, 11) is 1.75. The van der Waals surface area contributed by atoms with Crippen molar-refractivity contribution in [3.63, 3.8) is 0 Å². The zero-order valence-corrected chi connectivity index (χ0v) is 16.9. The quantitative estimate of drug-likeness (QED) is 0.357. The number of ketones is 1. The van der Waals surface area contributed by atoms with Gasteiger partial charge in [0.1, 0.15) is 0 Å². The van der Waals surface area contributed by atoms with Crippen molar-refractivity contribution in [1.82, 2.24) is 9.78 Å². The second-order valence-corrected chi connectivity index (χ2v) is 8.91. The van der Waals surface area contributed by atoms with Crippen LogP contribution in [-0.2, 0) is 11.2 Å². The Morgan fingerprint density at radius 1 is 1.26 bits per heavy atom. The van der Waals surface area contributed by atoms with Crippen LogP contribution < -0.4 is 4.90 Å². The maximum Gasteiger partial charge on any atom is 0.231 e. The smallest absolute Gasteiger partial charge is 0.231 e. The molecule has 0 bridgehead atoms. The van der Waals surface area contributed by atoms with E-state index in [1.807, 2.05) is 42.5 Å². The maximum absolute atomic E-state index is 12.6. The zero-order chi connectivity index (χ0) is 19.0. The molecule has 0 fully saturated rings. The van der Waals surface area contributed by atoms with Crippen LogP contribution in [0.1, 0.15) is 15.9 Å². The fraction of sp³-hybridized carbons (Fsp3) is 0.158. The molecule has 0 unspecified atom stereocenters. The van der Waals surface area contributed by atoms with Crippen LogP contribution in [0.2, 0.25) is 0 Å². The van der Waals surface area contributed by atoms with E-state index in [2.05, 4.69) is 5.10 Å². The van der Waals surface area contributed by atoms with Gasteiger partial charge in [-0.15, -0.1) is 5.10 Å². The Morgan fingerprint density at radius 2 is 2.04 bits per heavy atom. The van der Waals surface area contributed by atoms with E-state index in [1.54, 1.807) is 22.7 Å². The van der Waals surface area contributed by atoms with Crippen molar-refractivity contribution in [3.05, 3.63) is 63.6 Å². The van der Waals surface area contributed by atoms with Gasteiger partial charge in [0.2, 0.25) is 5.91 Å². The van der Waals surface area contributed by atoms with Gasteiger partial charge in [-0.25, -0.2) is 4.68 Å². The number of fused-ring (bicyclic) bond motifs is 1. The van der Waals surface area contributed by atoms with E-state index < -0.39 is 0 Å². The normalized spacial score (nSPS) is 13.1.